The second-order valence-corrected chi connectivity index (χ2v) is 13.7. The maximum absolute atomic E-state index is 11.6. The normalized spacial score (nSPS) is 11.6. The van der Waals surface area contributed by atoms with E-state index in [2.05, 4.69) is 40.6 Å². The van der Waals surface area contributed by atoms with Crippen molar-refractivity contribution in [1.29, 1.82) is 0 Å². The van der Waals surface area contributed by atoms with Gasteiger partial charge in [-0.25, -0.2) is 9.78 Å². The van der Waals surface area contributed by atoms with Gasteiger partial charge in [-0.2, -0.15) is 0 Å². The van der Waals surface area contributed by atoms with E-state index in [0.29, 0.717) is 39.0 Å². The molecule has 6 nitrogen and oxygen atoms in total. The molecule has 1 aromatic carbocycles. The van der Waals surface area contributed by atoms with Gasteiger partial charge in [0, 0.05) is 30.1 Å². The molecule has 26 heavy (non-hydrogen) atoms. The second-order valence-electron chi connectivity index (χ2n) is 7.21. The van der Waals surface area contributed by atoms with Gasteiger partial charge in [0.25, 0.3) is 0 Å². The van der Waals surface area contributed by atoms with Gasteiger partial charge in [-0.05, 0) is 41.0 Å². The number of carboxylic acid groups (broad SMARTS) is 1. The van der Waals surface area contributed by atoms with Crippen molar-refractivity contribution in [3.05, 3.63) is 27.9 Å². The van der Waals surface area contributed by atoms with Crippen LogP contribution in [-0.4, -0.2) is 44.6 Å². The molecule has 0 atom stereocenters. The number of halogens is 1. The Kier molecular flexibility index (Phi) is 6.65. The number of methoxy groups -OCH3 is 1. The first kappa shape index (κ1) is 20.7. The predicted octanol–water partition coefficient (Wildman–Crippen LogP) is 4.70. The van der Waals surface area contributed by atoms with Crippen LogP contribution >= 0.6 is 15.9 Å². The highest BCUT2D eigenvalue weighted by molar-refractivity contribution is 9.10. The predicted molar refractivity (Wildman–Crippen MR) is 107 cm³/mol. The van der Waals surface area contributed by atoms with Crippen LogP contribution in [-0.2, 0) is 4.74 Å². The fraction of sp³-hybridized carbons (Fsp3) is 0.444. The Labute approximate surface area is 162 Å². The van der Waals surface area contributed by atoms with E-state index in [1.807, 2.05) is 0 Å². The van der Waals surface area contributed by atoms with Crippen molar-refractivity contribution >= 4 is 40.9 Å². The number of fused-ring (bicyclic) bond motifs is 1. The zero-order chi connectivity index (χ0) is 19.5. The standard InChI is InChI=1S/C18H24BrNO5Si/c1-11-15(18(21)22)20-16-13(8-12(23-2)9-14(16)19)17(11)25-10-24-6-7-26(3,4)5/h8-9H,6-7,10H2,1-5H3,(H,21,22). The third-order valence-electron chi connectivity index (χ3n) is 3.92. The van der Waals surface area contributed by atoms with E-state index in [1.165, 1.54) is 0 Å². The van der Waals surface area contributed by atoms with Crippen LogP contribution in [0.4, 0.5) is 0 Å². The Hall–Kier alpha value is -1.64. The molecule has 0 saturated carbocycles. The van der Waals surface area contributed by atoms with Crippen LogP contribution in [0.2, 0.25) is 25.7 Å². The van der Waals surface area contributed by atoms with Crippen molar-refractivity contribution < 1.29 is 24.1 Å². The summed E-state index contributed by atoms with van der Waals surface area (Å²) in [6, 6.07) is 4.56. The Bertz CT molecular complexity index is 820. The summed E-state index contributed by atoms with van der Waals surface area (Å²) in [6.45, 7) is 9.19. The van der Waals surface area contributed by atoms with Crippen molar-refractivity contribution in [2.45, 2.75) is 32.6 Å². The molecule has 1 aromatic heterocycles. The monoisotopic (exact) mass is 441 g/mol. The molecule has 8 heteroatoms. The maximum Gasteiger partial charge on any atom is 0.354 e. The van der Waals surface area contributed by atoms with E-state index in [1.54, 1.807) is 26.2 Å². The van der Waals surface area contributed by atoms with Gasteiger partial charge >= 0.3 is 5.97 Å². The summed E-state index contributed by atoms with van der Waals surface area (Å²) < 4.78 is 17.4. The van der Waals surface area contributed by atoms with Gasteiger partial charge in [-0.3, -0.25) is 0 Å². The first-order chi connectivity index (χ1) is 12.1. The molecule has 0 aliphatic rings. The summed E-state index contributed by atoms with van der Waals surface area (Å²) >= 11 is 3.43. The Balaban J connectivity index is 2.37. The number of nitrogens with zero attached hydrogens (tertiary/aromatic N) is 1. The molecule has 0 radical (unpaired) electrons. The van der Waals surface area contributed by atoms with Crippen LogP contribution in [0.25, 0.3) is 10.9 Å². The number of carbonyl (C=O) groups is 1. The number of ether oxygens (including phenoxy) is 3. The zero-order valence-corrected chi connectivity index (χ0v) is 18.3. The van der Waals surface area contributed by atoms with Crippen LogP contribution in [0.3, 0.4) is 0 Å². The van der Waals surface area contributed by atoms with Crippen LogP contribution in [0, 0.1) is 6.92 Å². The molecule has 142 valence electrons. The lowest BCUT2D eigenvalue weighted by molar-refractivity contribution is 0.0224. The fourth-order valence-corrected chi connectivity index (χ4v) is 3.70. The summed E-state index contributed by atoms with van der Waals surface area (Å²) in [4.78, 5) is 15.8. The molecule has 2 rings (SSSR count). The smallest absolute Gasteiger partial charge is 0.354 e. The summed E-state index contributed by atoms with van der Waals surface area (Å²) in [5.41, 5.74) is 0.922. The number of pyridine rings is 1. The first-order valence-electron chi connectivity index (χ1n) is 8.25. The van der Waals surface area contributed by atoms with Gasteiger partial charge in [-0.1, -0.05) is 19.6 Å². The van der Waals surface area contributed by atoms with Gasteiger partial charge in [0.2, 0.25) is 0 Å². The molecule has 0 aliphatic carbocycles. The minimum atomic E-state index is -1.18. The van der Waals surface area contributed by atoms with Gasteiger partial charge in [0.1, 0.15) is 11.5 Å². The largest absolute Gasteiger partial charge is 0.497 e. The zero-order valence-electron chi connectivity index (χ0n) is 15.7. The van der Waals surface area contributed by atoms with E-state index in [0.717, 1.165) is 6.04 Å². The number of hydrogen-bond donors (Lipinski definition) is 1. The highest BCUT2D eigenvalue weighted by atomic mass is 79.9. The molecule has 0 aliphatic heterocycles. The third kappa shape index (κ3) is 4.96. The van der Waals surface area contributed by atoms with Crippen molar-refractivity contribution in [3.8, 4) is 11.5 Å². The summed E-state index contributed by atoms with van der Waals surface area (Å²) in [5.74, 6) is -0.0326. The lowest BCUT2D eigenvalue weighted by Gasteiger charge is -2.17. The van der Waals surface area contributed by atoms with Crippen LogP contribution < -0.4 is 9.47 Å². The minimum absolute atomic E-state index is 0.0412. The highest BCUT2D eigenvalue weighted by Crippen LogP contribution is 2.37. The van der Waals surface area contributed by atoms with Crippen LogP contribution in [0.15, 0.2) is 16.6 Å². The molecule has 2 aromatic rings. The summed E-state index contributed by atoms with van der Waals surface area (Å²) in [5, 5.41) is 10.1. The number of hydrogen-bond acceptors (Lipinski definition) is 5. The second kappa shape index (κ2) is 8.37. The average molecular weight is 442 g/mol. The number of aromatic nitrogens is 1. The fourth-order valence-electron chi connectivity index (χ4n) is 2.42. The molecular weight excluding hydrogens is 418 g/mol. The van der Waals surface area contributed by atoms with E-state index >= 15 is 0 Å². The van der Waals surface area contributed by atoms with E-state index in [4.69, 9.17) is 14.2 Å². The Morgan fingerprint density at radius 1 is 1.31 bits per heavy atom. The number of aromatic carboxylic acids is 1. The lowest BCUT2D eigenvalue weighted by atomic mass is 10.1. The average Bonchev–Trinajstić information content (AvgIpc) is 2.54. The lowest BCUT2D eigenvalue weighted by Crippen LogP contribution is -2.22. The van der Waals surface area contributed by atoms with Crippen molar-refractivity contribution in [1.82, 2.24) is 4.98 Å². The number of benzene rings is 1. The van der Waals surface area contributed by atoms with E-state index in [9.17, 15) is 9.90 Å². The van der Waals surface area contributed by atoms with E-state index < -0.39 is 14.0 Å². The molecule has 1 N–H and O–H groups in total. The first-order valence-corrected chi connectivity index (χ1v) is 12.8. The minimum Gasteiger partial charge on any atom is -0.497 e. The molecular formula is C18H24BrNO5Si. The van der Waals surface area contributed by atoms with Crippen molar-refractivity contribution in [3.63, 3.8) is 0 Å². The summed E-state index contributed by atoms with van der Waals surface area (Å²) in [7, 11) is 0.393. The van der Waals surface area contributed by atoms with Crippen molar-refractivity contribution in [2.75, 3.05) is 20.5 Å². The van der Waals surface area contributed by atoms with Gasteiger partial charge in [-0.15, -0.1) is 0 Å². The highest BCUT2D eigenvalue weighted by Gasteiger charge is 2.20. The van der Waals surface area contributed by atoms with Gasteiger partial charge in [0.15, 0.2) is 12.5 Å². The topological polar surface area (TPSA) is 77.9 Å². The third-order valence-corrected chi connectivity index (χ3v) is 6.23. The van der Waals surface area contributed by atoms with Crippen LogP contribution in [0.5, 0.6) is 11.5 Å². The number of rotatable bonds is 8. The van der Waals surface area contributed by atoms with Gasteiger partial charge in [0.05, 0.1) is 12.6 Å². The molecule has 1 heterocycles. The van der Waals surface area contributed by atoms with Crippen molar-refractivity contribution in [2.24, 2.45) is 0 Å². The Morgan fingerprint density at radius 2 is 2.00 bits per heavy atom. The van der Waals surface area contributed by atoms with Gasteiger partial charge < -0.3 is 19.3 Å². The maximum atomic E-state index is 11.6. The summed E-state index contributed by atoms with van der Waals surface area (Å²) in [6.07, 6.45) is 0. The Morgan fingerprint density at radius 3 is 2.58 bits per heavy atom. The molecule has 0 fully saturated rings. The van der Waals surface area contributed by atoms with E-state index in [-0.39, 0.29) is 12.5 Å². The molecule has 0 amide bonds. The SMILES string of the molecule is COc1cc(Br)c2nc(C(=O)O)c(C)c(OCOCC[Si](C)(C)C)c2c1. The molecule has 0 unspecified atom stereocenters. The molecule has 0 saturated heterocycles. The van der Waals surface area contributed by atoms with Crippen LogP contribution in [0.1, 0.15) is 16.1 Å². The number of carboxylic acids is 1. The molecule has 0 spiro atoms. The quantitative estimate of drug-likeness (QED) is 0.363. The molecule has 0 bridgehead atoms.